The molecule has 0 aliphatic heterocycles. The molecule has 1 aromatic heterocycles. The Hall–Kier alpha value is -2.05. The lowest BCUT2D eigenvalue weighted by atomic mass is 9.94. The molecule has 0 saturated carbocycles. The SMILES string of the molecule is CC(C)C(C(=O)NCc1ccon1)/C(N)=N/O. The van der Waals surface area contributed by atoms with E-state index in [4.69, 9.17) is 10.9 Å². The van der Waals surface area contributed by atoms with E-state index in [0.717, 1.165) is 0 Å². The highest BCUT2D eigenvalue weighted by atomic mass is 16.5. The molecule has 1 unspecified atom stereocenters. The second-order valence-electron chi connectivity index (χ2n) is 3.96. The van der Waals surface area contributed by atoms with Crippen molar-refractivity contribution in [2.75, 3.05) is 0 Å². The second kappa shape index (κ2) is 5.88. The van der Waals surface area contributed by atoms with Crippen molar-refractivity contribution in [1.82, 2.24) is 10.5 Å². The molecule has 1 aromatic rings. The van der Waals surface area contributed by atoms with Gasteiger partial charge in [0.2, 0.25) is 5.91 Å². The number of nitrogens with two attached hydrogens (primary N) is 1. The fourth-order valence-electron chi connectivity index (χ4n) is 1.46. The molecule has 1 amide bonds. The first-order valence-corrected chi connectivity index (χ1v) is 5.20. The molecule has 0 aliphatic carbocycles. The number of rotatable bonds is 5. The Bertz CT molecular complexity index is 386. The summed E-state index contributed by atoms with van der Waals surface area (Å²) in [6.45, 7) is 3.88. The molecule has 0 aromatic carbocycles. The third-order valence-electron chi connectivity index (χ3n) is 2.32. The van der Waals surface area contributed by atoms with Gasteiger partial charge >= 0.3 is 0 Å². The van der Waals surface area contributed by atoms with Crippen LogP contribution in [0.1, 0.15) is 19.5 Å². The Labute approximate surface area is 98.6 Å². The van der Waals surface area contributed by atoms with Crippen LogP contribution in [-0.2, 0) is 11.3 Å². The van der Waals surface area contributed by atoms with Gasteiger partial charge in [-0.15, -0.1) is 0 Å². The van der Waals surface area contributed by atoms with Crippen molar-refractivity contribution in [3.8, 4) is 0 Å². The van der Waals surface area contributed by atoms with E-state index < -0.39 is 5.92 Å². The van der Waals surface area contributed by atoms with Gasteiger partial charge < -0.3 is 20.8 Å². The summed E-state index contributed by atoms with van der Waals surface area (Å²) in [6.07, 6.45) is 1.42. The summed E-state index contributed by atoms with van der Waals surface area (Å²) in [5, 5.41) is 17.8. The Kier molecular flexibility index (Phi) is 4.50. The van der Waals surface area contributed by atoms with Crippen LogP contribution in [0.2, 0.25) is 0 Å². The minimum absolute atomic E-state index is 0.0665. The largest absolute Gasteiger partial charge is 0.409 e. The van der Waals surface area contributed by atoms with E-state index in [1.165, 1.54) is 6.26 Å². The minimum Gasteiger partial charge on any atom is -0.409 e. The van der Waals surface area contributed by atoms with Gasteiger partial charge in [0.1, 0.15) is 17.9 Å². The van der Waals surface area contributed by atoms with Crippen LogP contribution in [0.5, 0.6) is 0 Å². The van der Waals surface area contributed by atoms with Crippen molar-refractivity contribution < 1.29 is 14.5 Å². The van der Waals surface area contributed by atoms with Gasteiger partial charge in [0.05, 0.1) is 6.54 Å². The molecular formula is C10H16N4O3. The van der Waals surface area contributed by atoms with Gasteiger partial charge in [0.25, 0.3) is 0 Å². The average molecular weight is 240 g/mol. The maximum Gasteiger partial charge on any atom is 0.231 e. The first-order chi connectivity index (χ1) is 8.06. The van der Waals surface area contributed by atoms with Gasteiger partial charge in [-0.2, -0.15) is 0 Å². The highest BCUT2D eigenvalue weighted by molar-refractivity contribution is 6.02. The van der Waals surface area contributed by atoms with E-state index >= 15 is 0 Å². The molecule has 0 aliphatic rings. The molecule has 7 nitrogen and oxygen atoms in total. The van der Waals surface area contributed by atoms with Gasteiger partial charge in [0.15, 0.2) is 5.84 Å². The number of nitrogens with one attached hydrogen (secondary N) is 1. The van der Waals surface area contributed by atoms with E-state index in [0.29, 0.717) is 5.69 Å². The average Bonchev–Trinajstić information content (AvgIpc) is 2.78. The molecule has 1 heterocycles. The molecule has 0 radical (unpaired) electrons. The van der Waals surface area contributed by atoms with Gasteiger partial charge in [-0.3, -0.25) is 4.79 Å². The number of carbonyl (C=O) groups excluding carboxylic acids is 1. The Morgan fingerprint density at radius 2 is 2.41 bits per heavy atom. The molecule has 7 heteroatoms. The monoisotopic (exact) mass is 240 g/mol. The zero-order valence-corrected chi connectivity index (χ0v) is 9.75. The van der Waals surface area contributed by atoms with Crippen molar-refractivity contribution in [2.45, 2.75) is 20.4 Å². The fourth-order valence-corrected chi connectivity index (χ4v) is 1.46. The van der Waals surface area contributed by atoms with Gasteiger partial charge in [-0.25, -0.2) is 0 Å². The Morgan fingerprint density at radius 3 is 2.88 bits per heavy atom. The van der Waals surface area contributed by atoms with E-state index in [9.17, 15) is 4.79 Å². The van der Waals surface area contributed by atoms with Crippen LogP contribution in [0.3, 0.4) is 0 Å². The van der Waals surface area contributed by atoms with Crippen LogP contribution in [0.4, 0.5) is 0 Å². The van der Waals surface area contributed by atoms with Crippen LogP contribution in [0, 0.1) is 11.8 Å². The van der Waals surface area contributed by atoms with Crippen molar-refractivity contribution in [3.63, 3.8) is 0 Å². The molecule has 1 rings (SSSR count). The summed E-state index contributed by atoms with van der Waals surface area (Å²) < 4.78 is 4.63. The Balaban J connectivity index is 2.60. The Morgan fingerprint density at radius 1 is 1.71 bits per heavy atom. The maximum absolute atomic E-state index is 11.8. The summed E-state index contributed by atoms with van der Waals surface area (Å²) in [6, 6.07) is 1.65. The number of carbonyl (C=O) groups is 1. The van der Waals surface area contributed by atoms with Crippen molar-refractivity contribution >= 4 is 11.7 Å². The third-order valence-corrected chi connectivity index (χ3v) is 2.32. The lowest BCUT2D eigenvalue weighted by Crippen LogP contribution is -2.41. The molecular weight excluding hydrogens is 224 g/mol. The number of oxime groups is 1. The topological polar surface area (TPSA) is 114 Å². The van der Waals surface area contributed by atoms with Crippen LogP contribution < -0.4 is 11.1 Å². The minimum atomic E-state index is -0.660. The number of hydrogen-bond acceptors (Lipinski definition) is 5. The van der Waals surface area contributed by atoms with E-state index in [2.05, 4.69) is 20.2 Å². The van der Waals surface area contributed by atoms with Crippen molar-refractivity contribution in [2.24, 2.45) is 22.7 Å². The summed E-state index contributed by atoms with van der Waals surface area (Å²) >= 11 is 0. The molecule has 4 N–H and O–H groups in total. The first kappa shape index (κ1) is 13.0. The zero-order chi connectivity index (χ0) is 12.8. The van der Waals surface area contributed by atoms with Crippen LogP contribution in [0.25, 0.3) is 0 Å². The van der Waals surface area contributed by atoms with Crippen molar-refractivity contribution in [1.29, 1.82) is 0 Å². The maximum atomic E-state index is 11.8. The molecule has 0 fully saturated rings. The second-order valence-corrected chi connectivity index (χ2v) is 3.96. The molecule has 1 atom stereocenters. The van der Waals surface area contributed by atoms with Crippen molar-refractivity contribution in [3.05, 3.63) is 18.0 Å². The van der Waals surface area contributed by atoms with E-state index in [1.807, 2.05) is 13.8 Å². The molecule has 0 saturated heterocycles. The molecule has 17 heavy (non-hydrogen) atoms. The summed E-state index contributed by atoms with van der Waals surface area (Å²) in [4.78, 5) is 11.8. The summed E-state index contributed by atoms with van der Waals surface area (Å²) in [7, 11) is 0. The van der Waals surface area contributed by atoms with E-state index in [1.54, 1.807) is 6.07 Å². The number of hydrogen-bond donors (Lipinski definition) is 3. The molecule has 0 bridgehead atoms. The molecule has 94 valence electrons. The summed E-state index contributed by atoms with van der Waals surface area (Å²) in [5.41, 5.74) is 6.08. The van der Waals surface area contributed by atoms with Crippen LogP contribution >= 0.6 is 0 Å². The summed E-state index contributed by atoms with van der Waals surface area (Å²) in [5.74, 6) is -1.13. The number of amides is 1. The van der Waals surface area contributed by atoms with Gasteiger partial charge in [-0.1, -0.05) is 24.2 Å². The highest BCUT2D eigenvalue weighted by Gasteiger charge is 2.26. The lowest BCUT2D eigenvalue weighted by molar-refractivity contribution is -0.124. The third kappa shape index (κ3) is 3.47. The quantitative estimate of drug-likeness (QED) is 0.296. The lowest BCUT2D eigenvalue weighted by Gasteiger charge is -2.18. The van der Waals surface area contributed by atoms with E-state index in [-0.39, 0.29) is 24.2 Å². The predicted molar refractivity (Wildman–Crippen MR) is 60.1 cm³/mol. The van der Waals surface area contributed by atoms with Crippen LogP contribution in [0.15, 0.2) is 22.0 Å². The number of nitrogens with zero attached hydrogens (tertiary/aromatic N) is 2. The van der Waals surface area contributed by atoms with Gasteiger partial charge in [0, 0.05) is 6.07 Å². The van der Waals surface area contributed by atoms with Gasteiger partial charge in [-0.05, 0) is 5.92 Å². The number of aromatic nitrogens is 1. The highest BCUT2D eigenvalue weighted by Crippen LogP contribution is 2.11. The fraction of sp³-hybridized carbons (Fsp3) is 0.500. The molecule has 0 spiro atoms. The normalized spacial score (nSPS) is 13.7. The number of amidine groups is 1. The van der Waals surface area contributed by atoms with Crippen LogP contribution in [-0.4, -0.2) is 22.1 Å². The predicted octanol–water partition coefficient (Wildman–Crippen LogP) is 0.309. The smallest absolute Gasteiger partial charge is 0.231 e. The zero-order valence-electron chi connectivity index (χ0n) is 9.75. The standard InChI is InChI=1S/C10H16N4O3/c1-6(2)8(9(11)13-16)10(15)12-5-7-3-4-17-14-7/h3-4,6,8,16H,5H2,1-2H3,(H2,11,13)(H,12,15). The first-order valence-electron chi connectivity index (χ1n) is 5.20.